The van der Waals surface area contributed by atoms with E-state index in [2.05, 4.69) is 9.97 Å². The van der Waals surface area contributed by atoms with Crippen LogP contribution in [0, 0.1) is 27.7 Å². The molecular weight excluding hydrogens is 368 g/mol. The van der Waals surface area contributed by atoms with E-state index < -0.39 is 15.7 Å². The van der Waals surface area contributed by atoms with Gasteiger partial charge in [-0.3, -0.25) is 4.79 Å². The van der Waals surface area contributed by atoms with Gasteiger partial charge in [0, 0.05) is 32.4 Å². The Labute approximate surface area is 158 Å². The Hall–Kier alpha value is -2.39. The molecule has 146 valence electrons. The van der Waals surface area contributed by atoms with Gasteiger partial charge < -0.3 is 14.9 Å². The topological polar surface area (TPSA) is 106 Å². The zero-order chi connectivity index (χ0) is 19.9. The van der Waals surface area contributed by atoms with E-state index in [1.807, 2.05) is 33.8 Å². The molecule has 2 heterocycles. The molecule has 2 N–H and O–H groups in total. The first-order valence-electron chi connectivity index (χ1n) is 8.77. The molecule has 1 saturated heterocycles. The zero-order valence-electron chi connectivity index (χ0n) is 15.9. The fourth-order valence-electron chi connectivity index (χ4n) is 3.45. The van der Waals surface area contributed by atoms with E-state index in [1.54, 1.807) is 4.90 Å². The first-order chi connectivity index (χ1) is 12.6. The number of aromatic amines is 2. The maximum absolute atomic E-state index is 13.3. The lowest BCUT2D eigenvalue weighted by atomic mass is 10.0. The molecule has 1 aliphatic rings. The molecule has 8 nitrogen and oxygen atoms in total. The Morgan fingerprint density at radius 2 is 1.56 bits per heavy atom. The first kappa shape index (κ1) is 19.4. The minimum atomic E-state index is -3.65. The summed E-state index contributed by atoms with van der Waals surface area (Å²) in [6, 6.07) is 2.00. The number of piperazine rings is 1. The highest BCUT2D eigenvalue weighted by atomic mass is 32.2. The van der Waals surface area contributed by atoms with Crippen molar-refractivity contribution in [2.45, 2.75) is 32.6 Å². The summed E-state index contributed by atoms with van der Waals surface area (Å²) in [6.45, 7) is 8.46. The average molecular weight is 392 g/mol. The lowest BCUT2D eigenvalue weighted by molar-refractivity contribution is 0.0692. The summed E-state index contributed by atoms with van der Waals surface area (Å²) >= 11 is 0. The molecule has 3 rings (SSSR count). The van der Waals surface area contributed by atoms with E-state index in [9.17, 15) is 18.0 Å². The number of aromatic nitrogens is 2. The summed E-state index contributed by atoms with van der Waals surface area (Å²) in [6.07, 6.45) is 1.33. The van der Waals surface area contributed by atoms with E-state index in [0.717, 1.165) is 22.3 Å². The highest BCUT2D eigenvalue weighted by molar-refractivity contribution is 7.89. The number of hydrogen-bond donors (Lipinski definition) is 2. The standard InChI is InChI=1S/C18H24N4O4S/c1-11-9-12(2)14(4)16(13(11)3)27(25,26)22-7-5-21(6-8-22)17(23)15-10-19-18(24)20-15/h9-10H,5-8H2,1-4H3,(H2,19,20,24). The third-order valence-corrected chi connectivity index (χ3v) is 7.42. The molecule has 1 aromatic heterocycles. The Morgan fingerprint density at radius 1 is 1.00 bits per heavy atom. The Balaban J connectivity index is 1.82. The fraction of sp³-hybridized carbons (Fsp3) is 0.444. The van der Waals surface area contributed by atoms with E-state index in [4.69, 9.17) is 0 Å². The molecule has 2 aromatic rings. The zero-order valence-corrected chi connectivity index (χ0v) is 16.7. The second-order valence-electron chi connectivity index (χ2n) is 6.94. The van der Waals surface area contributed by atoms with E-state index in [-0.39, 0.29) is 37.8 Å². The van der Waals surface area contributed by atoms with Crippen LogP contribution in [-0.4, -0.2) is 59.7 Å². The van der Waals surface area contributed by atoms with Crippen molar-refractivity contribution in [1.29, 1.82) is 0 Å². The van der Waals surface area contributed by atoms with Crippen LogP contribution in [0.25, 0.3) is 0 Å². The molecule has 1 amide bonds. The number of carbonyl (C=O) groups excluding carboxylic acids is 1. The predicted octanol–water partition coefficient (Wildman–Crippen LogP) is 1.08. The van der Waals surface area contributed by atoms with Crippen LogP contribution in [0.3, 0.4) is 0 Å². The van der Waals surface area contributed by atoms with Crippen molar-refractivity contribution in [2.75, 3.05) is 26.2 Å². The molecule has 0 bridgehead atoms. The van der Waals surface area contributed by atoms with Gasteiger partial charge >= 0.3 is 5.69 Å². The number of H-pyrrole nitrogens is 2. The number of carbonyl (C=O) groups is 1. The van der Waals surface area contributed by atoms with Gasteiger partial charge in [-0.2, -0.15) is 4.31 Å². The van der Waals surface area contributed by atoms with E-state index in [1.165, 1.54) is 10.5 Å². The molecule has 0 spiro atoms. The maximum Gasteiger partial charge on any atom is 0.323 e. The van der Waals surface area contributed by atoms with Gasteiger partial charge in [-0.05, 0) is 49.9 Å². The molecule has 1 aromatic carbocycles. The quantitative estimate of drug-likeness (QED) is 0.815. The Kier molecular flexibility index (Phi) is 5.00. The van der Waals surface area contributed by atoms with Crippen LogP contribution in [0.4, 0.5) is 0 Å². The molecule has 0 aliphatic carbocycles. The predicted molar refractivity (Wildman–Crippen MR) is 101 cm³/mol. The van der Waals surface area contributed by atoms with Crippen LogP contribution in [0.2, 0.25) is 0 Å². The van der Waals surface area contributed by atoms with Gasteiger partial charge in [-0.1, -0.05) is 6.07 Å². The number of sulfonamides is 1. The Morgan fingerprint density at radius 3 is 2.04 bits per heavy atom. The number of amides is 1. The van der Waals surface area contributed by atoms with E-state index >= 15 is 0 Å². The van der Waals surface area contributed by atoms with Crippen LogP contribution < -0.4 is 5.69 Å². The number of hydrogen-bond acceptors (Lipinski definition) is 4. The second-order valence-corrected chi connectivity index (χ2v) is 8.82. The number of benzene rings is 1. The summed E-state index contributed by atoms with van der Waals surface area (Å²) in [5, 5.41) is 0. The monoisotopic (exact) mass is 392 g/mol. The van der Waals surface area contributed by atoms with Crippen molar-refractivity contribution in [3.05, 3.63) is 50.7 Å². The highest BCUT2D eigenvalue weighted by Gasteiger charge is 2.33. The summed E-state index contributed by atoms with van der Waals surface area (Å²) in [5.74, 6) is -0.316. The van der Waals surface area contributed by atoms with Gasteiger partial charge in [0.15, 0.2) is 0 Å². The first-order valence-corrected chi connectivity index (χ1v) is 10.2. The maximum atomic E-state index is 13.3. The second kappa shape index (κ2) is 6.97. The molecule has 0 radical (unpaired) electrons. The van der Waals surface area contributed by atoms with Gasteiger partial charge in [-0.15, -0.1) is 0 Å². The number of rotatable bonds is 3. The van der Waals surface area contributed by atoms with Crippen LogP contribution in [0.1, 0.15) is 32.7 Å². The van der Waals surface area contributed by atoms with Crippen LogP contribution >= 0.6 is 0 Å². The van der Waals surface area contributed by atoms with Gasteiger partial charge in [0.2, 0.25) is 10.0 Å². The summed E-state index contributed by atoms with van der Waals surface area (Å²) < 4.78 is 27.9. The smallest absolute Gasteiger partial charge is 0.323 e. The van der Waals surface area contributed by atoms with Crippen LogP contribution in [-0.2, 0) is 10.0 Å². The summed E-state index contributed by atoms with van der Waals surface area (Å²) in [5.41, 5.74) is 3.16. The van der Waals surface area contributed by atoms with Crippen molar-refractivity contribution in [1.82, 2.24) is 19.2 Å². The lowest BCUT2D eigenvalue weighted by Gasteiger charge is -2.34. The van der Waals surface area contributed by atoms with Crippen molar-refractivity contribution in [2.24, 2.45) is 0 Å². The van der Waals surface area contributed by atoms with Crippen LogP contribution in [0.5, 0.6) is 0 Å². The molecule has 0 atom stereocenters. The van der Waals surface area contributed by atoms with Gasteiger partial charge in [0.1, 0.15) is 5.69 Å². The number of nitrogens with one attached hydrogen (secondary N) is 2. The summed E-state index contributed by atoms with van der Waals surface area (Å²) in [7, 11) is -3.65. The molecule has 1 aliphatic heterocycles. The summed E-state index contributed by atoms with van der Waals surface area (Å²) in [4.78, 5) is 30.3. The molecule has 1 fully saturated rings. The minimum absolute atomic E-state index is 0.178. The normalized spacial score (nSPS) is 15.9. The SMILES string of the molecule is Cc1cc(C)c(C)c(S(=O)(=O)N2CCN(C(=O)c3c[nH]c(=O)[nH]3)CC2)c1C. The fourth-order valence-corrected chi connectivity index (χ4v) is 5.44. The van der Waals surface area contributed by atoms with Gasteiger partial charge in [0.05, 0.1) is 4.90 Å². The number of nitrogens with zero attached hydrogens (tertiary/aromatic N) is 2. The van der Waals surface area contributed by atoms with Gasteiger partial charge in [0.25, 0.3) is 5.91 Å². The molecule has 27 heavy (non-hydrogen) atoms. The molecule has 9 heteroatoms. The third-order valence-electron chi connectivity index (χ3n) is 5.25. The third kappa shape index (κ3) is 3.44. The van der Waals surface area contributed by atoms with Gasteiger partial charge in [-0.25, -0.2) is 13.2 Å². The minimum Gasteiger partial charge on any atom is -0.335 e. The van der Waals surface area contributed by atoms with Crippen molar-refractivity contribution in [3.8, 4) is 0 Å². The Bertz CT molecular complexity index is 1020. The van der Waals surface area contributed by atoms with Crippen molar-refractivity contribution in [3.63, 3.8) is 0 Å². The molecule has 0 unspecified atom stereocenters. The number of imidazole rings is 1. The van der Waals surface area contributed by atoms with E-state index in [0.29, 0.717) is 4.90 Å². The molecular formula is C18H24N4O4S. The van der Waals surface area contributed by atoms with Crippen molar-refractivity contribution < 1.29 is 13.2 Å². The highest BCUT2D eigenvalue weighted by Crippen LogP contribution is 2.29. The molecule has 0 saturated carbocycles. The largest absolute Gasteiger partial charge is 0.335 e. The van der Waals surface area contributed by atoms with Crippen molar-refractivity contribution >= 4 is 15.9 Å². The lowest BCUT2D eigenvalue weighted by Crippen LogP contribution is -2.50. The average Bonchev–Trinajstić information content (AvgIpc) is 3.06. The number of aryl methyl sites for hydroxylation is 2. The van der Waals surface area contributed by atoms with Crippen LogP contribution in [0.15, 0.2) is 22.0 Å².